The highest BCUT2D eigenvalue weighted by Crippen LogP contribution is 2.20. The summed E-state index contributed by atoms with van der Waals surface area (Å²) in [5, 5.41) is 21.4. The largest absolute Gasteiger partial charge is 0.466 e. The predicted molar refractivity (Wildman–Crippen MR) is 204 cm³/mol. The summed E-state index contributed by atoms with van der Waals surface area (Å²) in [4.78, 5) is 35.9. The maximum absolute atomic E-state index is 12.1. The van der Waals surface area contributed by atoms with Gasteiger partial charge in [-0.15, -0.1) is 0 Å². The van der Waals surface area contributed by atoms with Crippen LogP contribution in [-0.2, 0) is 28.6 Å². The van der Waals surface area contributed by atoms with Gasteiger partial charge in [-0.25, -0.2) is 0 Å². The monoisotopic (exact) mass is 713 g/mol. The molecule has 4 unspecified atom stereocenters. The lowest BCUT2D eigenvalue weighted by molar-refractivity contribution is -0.156. The van der Waals surface area contributed by atoms with Crippen molar-refractivity contribution in [2.75, 3.05) is 6.61 Å². The van der Waals surface area contributed by atoms with E-state index in [0.29, 0.717) is 38.7 Å². The summed E-state index contributed by atoms with van der Waals surface area (Å²) in [6.07, 6.45) is 26.6. The van der Waals surface area contributed by atoms with Gasteiger partial charge in [0.15, 0.2) is 0 Å². The SMILES string of the molecule is CCCCCCCCC(OC(=O)CC)C(O)CCCCCCCCOC(=O)CCCCCCCC(O)C(CCCCCCCC)OC(=O)CC. The Hall–Kier alpha value is -1.67. The lowest BCUT2D eigenvalue weighted by atomic mass is 9.99. The molecule has 0 spiro atoms. The third kappa shape index (κ3) is 30.0. The lowest BCUT2D eigenvalue weighted by Crippen LogP contribution is -2.31. The highest BCUT2D eigenvalue weighted by molar-refractivity contribution is 5.69. The first kappa shape index (κ1) is 48.3. The minimum Gasteiger partial charge on any atom is -0.466 e. The van der Waals surface area contributed by atoms with Gasteiger partial charge in [0.1, 0.15) is 12.2 Å². The molecule has 0 bridgehead atoms. The van der Waals surface area contributed by atoms with E-state index < -0.39 is 18.3 Å². The average molecular weight is 713 g/mol. The van der Waals surface area contributed by atoms with E-state index in [1.165, 1.54) is 51.4 Å². The summed E-state index contributed by atoms with van der Waals surface area (Å²) in [5.41, 5.74) is 0. The van der Waals surface area contributed by atoms with Gasteiger partial charge in [-0.2, -0.15) is 0 Å². The Bertz CT molecular complexity index is 788. The highest BCUT2D eigenvalue weighted by atomic mass is 16.6. The van der Waals surface area contributed by atoms with Crippen LogP contribution in [0.25, 0.3) is 0 Å². The van der Waals surface area contributed by atoms with Crippen molar-refractivity contribution in [1.82, 2.24) is 0 Å². The molecule has 0 fully saturated rings. The smallest absolute Gasteiger partial charge is 0.305 e. The van der Waals surface area contributed by atoms with E-state index in [1.807, 2.05) is 0 Å². The molecule has 0 aromatic carbocycles. The Morgan fingerprint density at radius 3 is 1.16 bits per heavy atom. The Labute approximate surface area is 307 Å². The number of hydrogen-bond donors (Lipinski definition) is 2. The van der Waals surface area contributed by atoms with Gasteiger partial charge in [-0.1, -0.05) is 150 Å². The summed E-state index contributed by atoms with van der Waals surface area (Å²) >= 11 is 0. The van der Waals surface area contributed by atoms with E-state index in [-0.39, 0.29) is 24.0 Å². The van der Waals surface area contributed by atoms with Gasteiger partial charge in [-0.05, 0) is 51.4 Å². The fraction of sp³-hybridized carbons (Fsp3) is 0.929. The minimum absolute atomic E-state index is 0.121. The van der Waals surface area contributed by atoms with Crippen LogP contribution in [0, 0.1) is 0 Å². The second-order valence-electron chi connectivity index (χ2n) is 14.4. The predicted octanol–water partition coefficient (Wildman–Crippen LogP) is 10.9. The van der Waals surface area contributed by atoms with Crippen molar-refractivity contribution in [3.8, 4) is 0 Å². The Morgan fingerprint density at radius 1 is 0.420 bits per heavy atom. The molecule has 0 aromatic rings. The van der Waals surface area contributed by atoms with E-state index in [4.69, 9.17) is 14.2 Å². The quantitative estimate of drug-likeness (QED) is 0.0371. The van der Waals surface area contributed by atoms with Crippen LogP contribution in [-0.4, -0.2) is 59.1 Å². The Kier molecular flexibility index (Phi) is 34.5. The van der Waals surface area contributed by atoms with Crippen LogP contribution in [0.1, 0.15) is 220 Å². The number of ether oxygens (including phenoxy) is 3. The molecular weight excluding hydrogens is 632 g/mol. The molecule has 0 rings (SSSR count). The van der Waals surface area contributed by atoms with Gasteiger partial charge < -0.3 is 24.4 Å². The molecule has 296 valence electrons. The van der Waals surface area contributed by atoms with Crippen molar-refractivity contribution in [3.63, 3.8) is 0 Å². The molecule has 2 N–H and O–H groups in total. The van der Waals surface area contributed by atoms with Crippen molar-refractivity contribution < 1.29 is 38.8 Å². The number of unbranched alkanes of at least 4 members (excludes halogenated alkanes) is 19. The van der Waals surface area contributed by atoms with Gasteiger partial charge in [0, 0.05) is 19.3 Å². The summed E-state index contributed by atoms with van der Waals surface area (Å²) in [5.74, 6) is -0.592. The van der Waals surface area contributed by atoms with Crippen molar-refractivity contribution in [3.05, 3.63) is 0 Å². The second kappa shape index (κ2) is 35.7. The van der Waals surface area contributed by atoms with Crippen molar-refractivity contribution in [1.29, 1.82) is 0 Å². The second-order valence-corrected chi connectivity index (χ2v) is 14.4. The van der Waals surface area contributed by atoms with E-state index in [2.05, 4.69) is 13.8 Å². The van der Waals surface area contributed by atoms with Crippen LogP contribution >= 0.6 is 0 Å². The number of aliphatic hydroxyl groups is 2. The summed E-state index contributed by atoms with van der Waals surface area (Å²) in [7, 11) is 0. The molecule has 0 heterocycles. The number of carbonyl (C=O) groups is 3. The van der Waals surface area contributed by atoms with Gasteiger partial charge in [-0.3, -0.25) is 14.4 Å². The zero-order valence-electron chi connectivity index (χ0n) is 33.1. The Morgan fingerprint density at radius 2 is 0.760 bits per heavy atom. The zero-order valence-corrected chi connectivity index (χ0v) is 33.1. The Balaban J connectivity index is 3.91. The fourth-order valence-electron chi connectivity index (χ4n) is 6.36. The van der Waals surface area contributed by atoms with Crippen LogP contribution in [0.4, 0.5) is 0 Å². The maximum Gasteiger partial charge on any atom is 0.305 e. The number of hydrogen-bond acceptors (Lipinski definition) is 8. The summed E-state index contributed by atoms with van der Waals surface area (Å²) in [6.45, 7) is 8.46. The number of esters is 3. The van der Waals surface area contributed by atoms with Crippen LogP contribution < -0.4 is 0 Å². The zero-order chi connectivity index (χ0) is 37.1. The van der Waals surface area contributed by atoms with E-state index >= 15 is 0 Å². The molecule has 0 aliphatic heterocycles. The van der Waals surface area contributed by atoms with E-state index in [9.17, 15) is 24.6 Å². The maximum atomic E-state index is 12.1. The molecule has 0 saturated heterocycles. The molecule has 0 radical (unpaired) electrons. The van der Waals surface area contributed by atoms with Crippen molar-refractivity contribution in [2.45, 2.75) is 245 Å². The molecule has 0 aromatic heterocycles. The number of aliphatic hydroxyl groups excluding tert-OH is 2. The first-order valence-electron chi connectivity index (χ1n) is 21.2. The lowest BCUT2D eigenvalue weighted by Gasteiger charge is -2.23. The van der Waals surface area contributed by atoms with Crippen LogP contribution in [0.3, 0.4) is 0 Å². The van der Waals surface area contributed by atoms with Crippen molar-refractivity contribution >= 4 is 17.9 Å². The van der Waals surface area contributed by atoms with Gasteiger partial charge in [0.2, 0.25) is 0 Å². The molecular formula is C42H80O8. The number of rotatable bonds is 37. The molecule has 8 heteroatoms. The van der Waals surface area contributed by atoms with Gasteiger partial charge in [0.25, 0.3) is 0 Å². The van der Waals surface area contributed by atoms with E-state index in [0.717, 1.165) is 109 Å². The first-order valence-corrected chi connectivity index (χ1v) is 21.2. The number of carbonyl (C=O) groups excluding carboxylic acids is 3. The average Bonchev–Trinajstić information content (AvgIpc) is 3.11. The molecule has 0 aliphatic rings. The summed E-state index contributed by atoms with van der Waals surface area (Å²) in [6, 6.07) is 0. The van der Waals surface area contributed by atoms with Crippen LogP contribution in [0.15, 0.2) is 0 Å². The van der Waals surface area contributed by atoms with Crippen LogP contribution in [0.5, 0.6) is 0 Å². The standard InChI is InChI=1S/C42H80O8/c1-5-9-11-13-20-26-32-38(49-40(45)7-3)36(43)30-24-18-15-16-23-29-35-48-42(47)34-28-22-17-19-25-31-37(44)39(50-41(46)8-4)33-27-21-14-12-10-6-2/h36-39,43-44H,5-35H2,1-4H3. The van der Waals surface area contributed by atoms with E-state index in [1.54, 1.807) is 13.8 Å². The molecule has 0 saturated carbocycles. The third-order valence-corrected chi connectivity index (χ3v) is 9.72. The molecule has 50 heavy (non-hydrogen) atoms. The minimum atomic E-state index is -0.611. The van der Waals surface area contributed by atoms with Gasteiger partial charge in [0.05, 0.1) is 18.8 Å². The topological polar surface area (TPSA) is 119 Å². The highest BCUT2D eigenvalue weighted by Gasteiger charge is 2.23. The van der Waals surface area contributed by atoms with Gasteiger partial charge >= 0.3 is 17.9 Å². The molecule has 8 nitrogen and oxygen atoms in total. The van der Waals surface area contributed by atoms with Crippen LogP contribution in [0.2, 0.25) is 0 Å². The van der Waals surface area contributed by atoms with Crippen molar-refractivity contribution in [2.24, 2.45) is 0 Å². The molecule has 4 atom stereocenters. The molecule has 0 aliphatic carbocycles. The normalized spacial score (nSPS) is 13.8. The third-order valence-electron chi connectivity index (χ3n) is 9.72. The first-order chi connectivity index (χ1) is 24.3. The fourth-order valence-corrected chi connectivity index (χ4v) is 6.36. The summed E-state index contributed by atoms with van der Waals surface area (Å²) < 4.78 is 16.6. The molecule has 0 amide bonds.